The number of ether oxygens (including phenoxy) is 2. The van der Waals surface area contributed by atoms with Crippen molar-refractivity contribution in [3.63, 3.8) is 0 Å². The molecule has 0 aliphatic heterocycles. The van der Waals surface area contributed by atoms with Gasteiger partial charge in [-0.3, -0.25) is 9.59 Å². The molecule has 1 aromatic heterocycles. The molecule has 0 spiro atoms. The third kappa shape index (κ3) is 7.09. The summed E-state index contributed by atoms with van der Waals surface area (Å²) in [5, 5.41) is 2.01. The van der Waals surface area contributed by atoms with E-state index in [4.69, 9.17) is 9.47 Å². The Hall–Kier alpha value is -3.32. The minimum absolute atomic E-state index is 0.00521. The summed E-state index contributed by atoms with van der Waals surface area (Å²) in [7, 11) is 3.09. The van der Waals surface area contributed by atoms with Gasteiger partial charge in [-0.1, -0.05) is 50.2 Å². The first kappa shape index (κ1) is 25.3. The van der Waals surface area contributed by atoms with Crippen LogP contribution in [0.2, 0.25) is 0 Å². The fraction of sp³-hybridized carbons (Fsp3) is 0.333. The van der Waals surface area contributed by atoms with Crippen LogP contribution >= 0.6 is 11.3 Å². The first-order valence-electron chi connectivity index (χ1n) is 11.3. The van der Waals surface area contributed by atoms with Crippen molar-refractivity contribution in [2.75, 3.05) is 27.3 Å². The molecule has 2 amide bonds. The maximum atomic E-state index is 13.5. The van der Waals surface area contributed by atoms with Gasteiger partial charge in [0.25, 0.3) is 5.91 Å². The van der Waals surface area contributed by atoms with Crippen LogP contribution in [0.5, 0.6) is 11.5 Å². The summed E-state index contributed by atoms with van der Waals surface area (Å²) in [5.74, 6) is 0.934. The molecular formula is C27H32N2O4S. The van der Waals surface area contributed by atoms with E-state index in [1.54, 1.807) is 48.7 Å². The number of thiophene rings is 1. The van der Waals surface area contributed by atoms with Gasteiger partial charge < -0.3 is 19.3 Å². The van der Waals surface area contributed by atoms with Gasteiger partial charge in [0.1, 0.15) is 18.0 Å². The van der Waals surface area contributed by atoms with Crippen LogP contribution in [0.1, 0.15) is 34.6 Å². The summed E-state index contributed by atoms with van der Waals surface area (Å²) in [4.78, 5) is 31.6. The van der Waals surface area contributed by atoms with Gasteiger partial charge in [0.05, 0.1) is 20.8 Å². The van der Waals surface area contributed by atoms with Crippen molar-refractivity contribution in [3.8, 4) is 11.5 Å². The van der Waals surface area contributed by atoms with Crippen LogP contribution in [-0.2, 0) is 17.9 Å². The summed E-state index contributed by atoms with van der Waals surface area (Å²) in [6.07, 6.45) is 0. The van der Waals surface area contributed by atoms with Gasteiger partial charge >= 0.3 is 0 Å². The molecule has 34 heavy (non-hydrogen) atoms. The largest absolute Gasteiger partial charge is 0.497 e. The lowest BCUT2D eigenvalue weighted by Gasteiger charge is -2.29. The molecule has 0 aliphatic rings. The average molecular weight is 481 g/mol. The van der Waals surface area contributed by atoms with Crippen molar-refractivity contribution in [3.05, 3.63) is 82.0 Å². The Kier molecular flexibility index (Phi) is 9.10. The van der Waals surface area contributed by atoms with E-state index in [-0.39, 0.29) is 24.3 Å². The number of amides is 2. The maximum Gasteiger partial charge on any atom is 0.254 e. The van der Waals surface area contributed by atoms with E-state index in [1.165, 1.54) is 0 Å². The molecule has 180 valence electrons. The van der Waals surface area contributed by atoms with E-state index in [0.717, 1.165) is 10.4 Å². The predicted octanol–water partition coefficient (Wildman–Crippen LogP) is 5.09. The van der Waals surface area contributed by atoms with Gasteiger partial charge in [-0.25, -0.2) is 0 Å². The fourth-order valence-electron chi connectivity index (χ4n) is 3.66. The van der Waals surface area contributed by atoms with E-state index >= 15 is 0 Å². The van der Waals surface area contributed by atoms with Crippen molar-refractivity contribution >= 4 is 23.2 Å². The quantitative estimate of drug-likeness (QED) is 0.383. The van der Waals surface area contributed by atoms with Crippen LogP contribution in [0.15, 0.2) is 66.0 Å². The first-order valence-corrected chi connectivity index (χ1v) is 12.1. The highest BCUT2D eigenvalue weighted by atomic mass is 32.1. The number of carbonyl (C=O) groups is 2. The van der Waals surface area contributed by atoms with E-state index in [1.807, 2.05) is 66.6 Å². The highest BCUT2D eigenvalue weighted by molar-refractivity contribution is 7.09. The molecule has 1 heterocycles. The Bertz CT molecular complexity index is 1050. The smallest absolute Gasteiger partial charge is 0.254 e. The molecule has 0 N–H and O–H groups in total. The zero-order valence-electron chi connectivity index (χ0n) is 20.2. The molecule has 3 rings (SSSR count). The minimum atomic E-state index is -0.227. The lowest BCUT2D eigenvalue weighted by atomic mass is 10.1. The Morgan fingerprint density at radius 3 is 2.12 bits per heavy atom. The van der Waals surface area contributed by atoms with E-state index < -0.39 is 0 Å². The van der Waals surface area contributed by atoms with Gasteiger partial charge in [-0.2, -0.15) is 0 Å². The van der Waals surface area contributed by atoms with Gasteiger partial charge in [0.15, 0.2) is 0 Å². The molecule has 0 fully saturated rings. The molecule has 6 nitrogen and oxygen atoms in total. The van der Waals surface area contributed by atoms with Crippen molar-refractivity contribution in [2.45, 2.75) is 26.9 Å². The monoisotopic (exact) mass is 480 g/mol. The summed E-state index contributed by atoms with van der Waals surface area (Å²) in [6.45, 7) is 5.50. The molecule has 0 bridgehead atoms. The molecule has 0 radical (unpaired) electrons. The molecule has 3 aromatic rings. The van der Waals surface area contributed by atoms with Crippen LogP contribution in [0, 0.1) is 5.92 Å². The maximum absolute atomic E-state index is 13.5. The second-order valence-corrected chi connectivity index (χ2v) is 9.53. The SMILES string of the molecule is COc1cc(OC)cc(C(=O)N(CC(=O)N(Cc2ccccc2)Cc2cccs2)CC(C)C)c1. The van der Waals surface area contributed by atoms with Gasteiger partial charge in [-0.05, 0) is 35.1 Å². The Labute approximate surface area is 205 Å². The van der Waals surface area contributed by atoms with Crippen LogP contribution in [0.3, 0.4) is 0 Å². The number of methoxy groups -OCH3 is 2. The number of hydrogen-bond donors (Lipinski definition) is 0. The molecule has 0 unspecified atom stereocenters. The second-order valence-electron chi connectivity index (χ2n) is 8.50. The Morgan fingerprint density at radius 1 is 0.882 bits per heavy atom. The minimum Gasteiger partial charge on any atom is -0.497 e. The number of hydrogen-bond acceptors (Lipinski definition) is 5. The van der Waals surface area contributed by atoms with Crippen LogP contribution in [-0.4, -0.2) is 48.9 Å². The summed E-state index contributed by atoms with van der Waals surface area (Å²) in [6, 6.07) is 19.0. The summed E-state index contributed by atoms with van der Waals surface area (Å²) >= 11 is 1.62. The lowest BCUT2D eigenvalue weighted by Crippen LogP contribution is -2.43. The lowest BCUT2D eigenvalue weighted by molar-refractivity contribution is -0.133. The van der Waals surface area contributed by atoms with Crippen molar-refractivity contribution in [1.29, 1.82) is 0 Å². The predicted molar refractivity (Wildman–Crippen MR) is 135 cm³/mol. The number of nitrogens with zero attached hydrogens (tertiary/aromatic N) is 2. The van der Waals surface area contributed by atoms with Crippen molar-refractivity contribution < 1.29 is 19.1 Å². The van der Waals surface area contributed by atoms with E-state index in [0.29, 0.717) is 36.7 Å². The van der Waals surface area contributed by atoms with Crippen molar-refractivity contribution in [2.24, 2.45) is 5.92 Å². The topological polar surface area (TPSA) is 59.1 Å². The number of rotatable bonds is 11. The molecule has 0 saturated heterocycles. The highest BCUT2D eigenvalue weighted by Crippen LogP contribution is 2.24. The second kappa shape index (κ2) is 12.2. The molecule has 0 aliphatic carbocycles. The van der Waals surface area contributed by atoms with E-state index in [9.17, 15) is 9.59 Å². The number of carbonyl (C=O) groups excluding carboxylic acids is 2. The molecular weight excluding hydrogens is 448 g/mol. The molecule has 0 saturated carbocycles. The third-order valence-corrected chi connectivity index (χ3v) is 6.15. The molecule has 7 heteroatoms. The zero-order valence-corrected chi connectivity index (χ0v) is 21.0. The third-order valence-electron chi connectivity index (χ3n) is 5.29. The van der Waals surface area contributed by atoms with Gasteiger partial charge in [-0.15, -0.1) is 11.3 Å². The van der Waals surface area contributed by atoms with Crippen molar-refractivity contribution in [1.82, 2.24) is 9.80 Å². The zero-order chi connectivity index (χ0) is 24.5. The number of benzene rings is 2. The van der Waals surface area contributed by atoms with Gasteiger partial charge in [0.2, 0.25) is 5.91 Å². The average Bonchev–Trinajstić information content (AvgIpc) is 3.36. The van der Waals surface area contributed by atoms with Crippen LogP contribution in [0.4, 0.5) is 0 Å². The molecule has 0 atom stereocenters. The van der Waals surface area contributed by atoms with Gasteiger partial charge in [0, 0.05) is 29.6 Å². The molecule has 2 aromatic carbocycles. The standard InChI is InChI=1S/C27H32N2O4S/c1-20(2)16-29(27(31)22-13-23(32-3)15-24(14-22)33-4)19-26(30)28(18-25-11-8-12-34-25)17-21-9-6-5-7-10-21/h5-15,20H,16-19H2,1-4H3. The first-order chi connectivity index (χ1) is 16.4. The fourth-order valence-corrected chi connectivity index (χ4v) is 4.38. The Morgan fingerprint density at radius 2 is 1.56 bits per heavy atom. The van der Waals surface area contributed by atoms with Crippen LogP contribution in [0.25, 0.3) is 0 Å². The highest BCUT2D eigenvalue weighted by Gasteiger charge is 2.24. The van der Waals surface area contributed by atoms with E-state index in [2.05, 4.69) is 0 Å². The summed E-state index contributed by atoms with van der Waals surface area (Å²) in [5.41, 5.74) is 1.48. The summed E-state index contributed by atoms with van der Waals surface area (Å²) < 4.78 is 10.7. The van der Waals surface area contributed by atoms with Crippen LogP contribution < -0.4 is 9.47 Å². The normalized spacial score (nSPS) is 10.7. The Balaban J connectivity index is 1.84.